The van der Waals surface area contributed by atoms with Crippen LogP contribution in [0.5, 0.6) is 0 Å². The molecule has 0 aliphatic rings. The first-order valence-electron chi connectivity index (χ1n) is 11.2. The molecule has 0 atom stereocenters. The van der Waals surface area contributed by atoms with Crippen LogP contribution in [0.15, 0.2) is 77.9 Å². The minimum absolute atomic E-state index is 0.228. The first kappa shape index (κ1) is 22.8. The zero-order valence-corrected chi connectivity index (χ0v) is 18.8. The highest BCUT2D eigenvalue weighted by Crippen LogP contribution is 2.33. The monoisotopic (exact) mass is 448 g/mol. The number of halogens is 3. The van der Waals surface area contributed by atoms with Gasteiger partial charge in [-0.05, 0) is 78.3 Å². The Morgan fingerprint density at radius 3 is 2.52 bits per heavy atom. The van der Waals surface area contributed by atoms with Crippen molar-refractivity contribution in [3.8, 4) is 0 Å². The number of rotatable bonds is 7. The van der Waals surface area contributed by atoms with E-state index >= 15 is 0 Å². The fourth-order valence-electron chi connectivity index (χ4n) is 4.16. The van der Waals surface area contributed by atoms with Gasteiger partial charge in [-0.15, -0.1) is 0 Å². The van der Waals surface area contributed by atoms with Gasteiger partial charge >= 0.3 is 6.18 Å². The van der Waals surface area contributed by atoms with Crippen molar-refractivity contribution in [3.05, 3.63) is 106 Å². The molecule has 1 N–H and O–H groups in total. The van der Waals surface area contributed by atoms with Crippen LogP contribution in [0.1, 0.15) is 47.2 Å². The van der Waals surface area contributed by atoms with Gasteiger partial charge in [0.2, 0.25) is 0 Å². The van der Waals surface area contributed by atoms with Crippen LogP contribution in [0.25, 0.3) is 10.9 Å². The molecule has 3 aromatic carbocycles. The summed E-state index contributed by atoms with van der Waals surface area (Å²) in [5.74, 6) is 0. The van der Waals surface area contributed by atoms with Crippen LogP contribution in [-0.2, 0) is 25.4 Å². The van der Waals surface area contributed by atoms with Crippen LogP contribution in [0.3, 0.4) is 0 Å². The highest BCUT2D eigenvalue weighted by Gasteiger charge is 2.32. The number of alkyl halides is 3. The third kappa shape index (κ3) is 5.36. The molecule has 0 fully saturated rings. The number of aliphatic imine (C=N–C) groups is 1. The highest BCUT2D eigenvalue weighted by atomic mass is 19.4. The molecule has 0 saturated carbocycles. The van der Waals surface area contributed by atoms with Crippen LogP contribution < -0.4 is 0 Å². The number of benzene rings is 3. The standard InChI is InChI=1S/C28H27F3N2/c1-3-20-11-12-27-25(17-20)24(18-33-27)13-14-32-19(2)22-9-6-7-21(15-22)16-23-8-4-5-10-26(23)28(29,30)31/h4-12,15,17-18,33H,3,13-14,16H2,1-2H3. The summed E-state index contributed by atoms with van der Waals surface area (Å²) in [6, 6.07) is 19.9. The molecule has 170 valence electrons. The first-order valence-corrected chi connectivity index (χ1v) is 11.2. The number of hydrogen-bond acceptors (Lipinski definition) is 1. The molecule has 0 aliphatic heterocycles. The molecule has 0 saturated heterocycles. The molecule has 33 heavy (non-hydrogen) atoms. The Balaban J connectivity index is 1.48. The van der Waals surface area contributed by atoms with Gasteiger partial charge in [-0.3, -0.25) is 4.99 Å². The molecule has 0 spiro atoms. The van der Waals surface area contributed by atoms with Gasteiger partial charge in [0.25, 0.3) is 0 Å². The number of aromatic nitrogens is 1. The van der Waals surface area contributed by atoms with Gasteiger partial charge in [0.05, 0.1) is 5.56 Å². The van der Waals surface area contributed by atoms with E-state index in [1.807, 2.05) is 37.4 Å². The van der Waals surface area contributed by atoms with Crippen molar-refractivity contribution >= 4 is 16.6 Å². The third-order valence-electron chi connectivity index (χ3n) is 6.03. The molecule has 2 nitrogen and oxygen atoms in total. The molecule has 0 unspecified atom stereocenters. The van der Waals surface area contributed by atoms with Crippen molar-refractivity contribution in [3.63, 3.8) is 0 Å². The molecule has 4 aromatic rings. The number of hydrogen-bond donors (Lipinski definition) is 1. The molecular formula is C28H27F3N2. The van der Waals surface area contributed by atoms with E-state index in [-0.39, 0.29) is 12.0 Å². The minimum atomic E-state index is -4.36. The molecular weight excluding hydrogens is 421 g/mol. The Hall–Kier alpha value is -3.34. The lowest BCUT2D eigenvalue weighted by molar-refractivity contribution is -0.138. The van der Waals surface area contributed by atoms with Crippen molar-refractivity contribution < 1.29 is 13.2 Å². The Morgan fingerprint density at radius 1 is 0.909 bits per heavy atom. The summed E-state index contributed by atoms with van der Waals surface area (Å²) in [4.78, 5) is 8.07. The first-order chi connectivity index (χ1) is 15.8. The Labute approximate surface area is 192 Å². The highest BCUT2D eigenvalue weighted by molar-refractivity contribution is 5.98. The number of H-pyrrole nitrogens is 1. The van der Waals surface area contributed by atoms with Gasteiger partial charge < -0.3 is 4.98 Å². The van der Waals surface area contributed by atoms with E-state index in [9.17, 15) is 13.2 Å². The summed E-state index contributed by atoms with van der Waals surface area (Å²) in [6.45, 7) is 4.75. The summed E-state index contributed by atoms with van der Waals surface area (Å²) < 4.78 is 40.0. The summed E-state index contributed by atoms with van der Waals surface area (Å²) in [7, 11) is 0. The fourth-order valence-corrected chi connectivity index (χ4v) is 4.16. The molecule has 1 aromatic heterocycles. The van der Waals surface area contributed by atoms with E-state index < -0.39 is 11.7 Å². The largest absolute Gasteiger partial charge is 0.416 e. The number of aromatic amines is 1. The smallest absolute Gasteiger partial charge is 0.361 e. The van der Waals surface area contributed by atoms with E-state index in [1.54, 1.807) is 12.1 Å². The molecule has 5 heteroatoms. The van der Waals surface area contributed by atoms with Gasteiger partial charge in [0.15, 0.2) is 0 Å². The number of nitrogens with zero attached hydrogens (tertiary/aromatic N) is 1. The van der Waals surface area contributed by atoms with E-state index in [0.717, 1.165) is 41.3 Å². The van der Waals surface area contributed by atoms with E-state index in [2.05, 4.69) is 30.1 Å². The average Bonchev–Trinajstić information content (AvgIpc) is 3.21. The SMILES string of the molecule is CCc1ccc2[nH]cc(CCN=C(C)c3cccc(Cc4ccccc4C(F)(F)F)c3)c2c1. The zero-order valence-electron chi connectivity index (χ0n) is 18.8. The summed E-state index contributed by atoms with van der Waals surface area (Å²) >= 11 is 0. The summed E-state index contributed by atoms with van der Waals surface area (Å²) in [5, 5.41) is 1.24. The van der Waals surface area contributed by atoms with Gasteiger partial charge in [-0.1, -0.05) is 49.4 Å². The van der Waals surface area contributed by atoms with Crippen molar-refractivity contribution in [2.75, 3.05) is 6.54 Å². The topological polar surface area (TPSA) is 28.1 Å². The van der Waals surface area contributed by atoms with Gasteiger partial charge in [-0.2, -0.15) is 13.2 Å². The van der Waals surface area contributed by atoms with Gasteiger partial charge in [0.1, 0.15) is 0 Å². The second-order valence-electron chi connectivity index (χ2n) is 8.30. The van der Waals surface area contributed by atoms with Crippen LogP contribution >= 0.6 is 0 Å². The van der Waals surface area contributed by atoms with Crippen LogP contribution in [-0.4, -0.2) is 17.2 Å². The number of fused-ring (bicyclic) bond motifs is 1. The van der Waals surface area contributed by atoms with E-state index in [1.165, 1.54) is 22.6 Å². The summed E-state index contributed by atoms with van der Waals surface area (Å²) in [6.07, 6.45) is -0.254. The summed E-state index contributed by atoms with van der Waals surface area (Å²) in [5.41, 5.74) is 6.05. The predicted molar refractivity (Wildman–Crippen MR) is 129 cm³/mol. The minimum Gasteiger partial charge on any atom is -0.361 e. The van der Waals surface area contributed by atoms with E-state index in [4.69, 9.17) is 4.99 Å². The lowest BCUT2D eigenvalue weighted by atomic mass is 9.97. The molecule has 4 rings (SSSR count). The number of nitrogens with one attached hydrogen (secondary N) is 1. The fraction of sp³-hybridized carbons (Fsp3) is 0.250. The normalized spacial score (nSPS) is 12.5. The van der Waals surface area contributed by atoms with Crippen molar-refractivity contribution in [1.29, 1.82) is 0 Å². The lowest BCUT2D eigenvalue weighted by Crippen LogP contribution is -2.09. The van der Waals surface area contributed by atoms with Crippen molar-refractivity contribution in [2.45, 2.75) is 39.3 Å². The van der Waals surface area contributed by atoms with Gasteiger partial charge in [0, 0.05) is 29.4 Å². The molecule has 0 amide bonds. The second kappa shape index (κ2) is 9.65. The molecule has 0 bridgehead atoms. The van der Waals surface area contributed by atoms with Crippen LogP contribution in [0.4, 0.5) is 13.2 Å². The lowest BCUT2D eigenvalue weighted by Gasteiger charge is -2.13. The van der Waals surface area contributed by atoms with Crippen molar-refractivity contribution in [2.24, 2.45) is 4.99 Å². The molecule has 0 aliphatic carbocycles. The van der Waals surface area contributed by atoms with Crippen molar-refractivity contribution in [1.82, 2.24) is 4.98 Å². The molecule has 1 heterocycles. The molecule has 0 radical (unpaired) electrons. The Bertz CT molecular complexity index is 1280. The van der Waals surface area contributed by atoms with Gasteiger partial charge in [-0.25, -0.2) is 0 Å². The number of aryl methyl sites for hydroxylation is 1. The Morgan fingerprint density at radius 2 is 1.73 bits per heavy atom. The second-order valence-corrected chi connectivity index (χ2v) is 8.30. The van der Waals surface area contributed by atoms with Crippen LogP contribution in [0.2, 0.25) is 0 Å². The maximum Gasteiger partial charge on any atom is 0.416 e. The van der Waals surface area contributed by atoms with Crippen LogP contribution in [0, 0.1) is 0 Å². The van der Waals surface area contributed by atoms with E-state index in [0.29, 0.717) is 6.54 Å². The zero-order chi connectivity index (χ0) is 23.4. The maximum absolute atomic E-state index is 13.3. The third-order valence-corrected chi connectivity index (χ3v) is 6.03. The predicted octanol–water partition coefficient (Wildman–Crippen LogP) is 7.39. The quantitative estimate of drug-likeness (QED) is 0.286. The Kier molecular flexibility index (Phi) is 6.68. The maximum atomic E-state index is 13.3. The average molecular weight is 449 g/mol.